The average Bonchev–Trinajstić information content (AvgIpc) is 3.16. The Balaban J connectivity index is 0.000000952. The van der Waals surface area contributed by atoms with E-state index in [-0.39, 0.29) is 5.91 Å². The third kappa shape index (κ3) is 5.92. The zero-order valence-corrected chi connectivity index (χ0v) is 16.8. The normalized spacial score (nSPS) is 10.4. The van der Waals surface area contributed by atoms with Gasteiger partial charge in [0.25, 0.3) is 5.91 Å². The van der Waals surface area contributed by atoms with Crippen molar-refractivity contribution in [3.05, 3.63) is 41.3 Å². The topological polar surface area (TPSA) is 50.5 Å². The van der Waals surface area contributed by atoms with Gasteiger partial charge < -0.3 is 4.90 Å². The van der Waals surface area contributed by atoms with Crippen molar-refractivity contribution in [2.75, 3.05) is 13.6 Å². The molecule has 2 aromatic rings. The van der Waals surface area contributed by atoms with E-state index in [1.165, 1.54) is 17.8 Å². The number of aromatic nitrogens is 3. The number of carbonyl (C=O) groups excluding carboxylic acids is 1. The summed E-state index contributed by atoms with van der Waals surface area (Å²) in [5, 5.41) is 4.76. The number of aryl methyl sites for hydroxylation is 1. The predicted molar refractivity (Wildman–Crippen MR) is 104 cm³/mol. The van der Waals surface area contributed by atoms with Gasteiger partial charge in [-0.15, -0.1) is 5.10 Å². The first-order chi connectivity index (χ1) is 11.5. The third-order valence-electron chi connectivity index (χ3n) is 2.85. The van der Waals surface area contributed by atoms with E-state index in [1.807, 2.05) is 33.8 Å². The minimum Gasteiger partial charge on any atom is -0.335 e. The van der Waals surface area contributed by atoms with Gasteiger partial charge in [-0.3, -0.25) is 4.79 Å². The van der Waals surface area contributed by atoms with E-state index in [9.17, 15) is 4.79 Å². The second-order valence-corrected chi connectivity index (χ2v) is 5.91. The fourth-order valence-electron chi connectivity index (χ4n) is 1.69. The van der Waals surface area contributed by atoms with E-state index >= 15 is 0 Å². The molecule has 0 aliphatic rings. The molecule has 6 heteroatoms. The highest BCUT2D eigenvalue weighted by Gasteiger charge is 2.18. The number of fused-ring (bicyclic) bond motifs is 1. The van der Waals surface area contributed by atoms with Crippen LogP contribution in [0.15, 0.2) is 30.5 Å². The fraction of sp³-hybridized carbons (Fsp3) is 0.500. The molecule has 0 radical (unpaired) electrons. The molecule has 0 aliphatic carbocycles. The average molecular weight is 351 g/mol. The molecule has 134 valence electrons. The lowest BCUT2D eigenvalue weighted by atomic mass is 10.2. The molecule has 0 aromatic carbocycles. The van der Waals surface area contributed by atoms with Crippen LogP contribution < -0.4 is 0 Å². The summed E-state index contributed by atoms with van der Waals surface area (Å²) in [6.07, 6.45) is 6.67. The van der Waals surface area contributed by atoms with Crippen LogP contribution in [0.2, 0.25) is 0 Å². The Morgan fingerprint density at radius 2 is 2.00 bits per heavy atom. The summed E-state index contributed by atoms with van der Waals surface area (Å²) in [5.41, 5.74) is 1.01. The van der Waals surface area contributed by atoms with Crippen LogP contribution in [0.4, 0.5) is 0 Å². The quantitative estimate of drug-likeness (QED) is 0.748. The Morgan fingerprint density at radius 1 is 1.42 bits per heavy atom. The van der Waals surface area contributed by atoms with Crippen LogP contribution in [-0.2, 0) is 0 Å². The van der Waals surface area contributed by atoms with Crippen LogP contribution in [0.1, 0.15) is 56.7 Å². The smallest absolute Gasteiger partial charge is 0.284 e. The second kappa shape index (κ2) is 11.6. The lowest BCUT2D eigenvalue weighted by Gasteiger charge is -2.15. The molecule has 2 heterocycles. The first-order valence-corrected chi connectivity index (χ1v) is 9.14. The number of imidazole rings is 1. The molecule has 0 spiro atoms. The van der Waals surface area contributed by atoms with Gasteiger partial charge in [-0.1, -0.05) is 64.2 Å². The molecular weight excluding hydrogens is 320 g/mol. The summed E-state index contributed by atoms with van der Waals surface area (Å²) >= 11 is 1.35. The van der Waals surface area contributed by atoms with Crippen molar-refractivity contribution in [1.29, 1.82) is 0 Å². The minimum atomic E-state index is -0.0886. The minimum absolute atomic E-state index is 0.0886. The lowest BCUT2D eigenvalue weighted by molar-refractivity contribution is 0.0806. The Kier molecular flexibility index (Phi) is 10.6. The number of amides is 1. The molecule has 0 aliphatic heterocycles. The molecular formula is C18H30N4OS. The second-order valence-electron chi connectivity index (χ2n) is 4.90. The predicted octanol–water partition coefficient (Wildman–Crippen LogP) is 4.75. The molecule has 0 atom stereocenters. The van der Waals surface area contributed by atoms with E-state index in [0.717, 1.165) is 16.2 Å². The maximum Gasteiger partial charge on any atom is 0.284 e. The van der Waals surface area contributed by atoms with Gasteiger partial charge in [0.05, 0.1) is 6.20 Å². The van der Waals surface area contributed by atoms with Gasteiger partial charge in [-0.2, -0.15) is 0 Å². The van der Waals surface area contributed by atoms with Crippen molar-refractivity contribution < 1.29 is 4.79 Å². The summed E-state index contributed by atoms with van der Waals surface area (Å²) in [7, 11) is 1.76. The van der Waals surface area contributed by atoms with E-state index < -0.39 is 0 Å². The van der Waals surface area contributed by atoms with Gasteiger partial charge >= 0.3 is 0 Å². The van der Waals surface area contributed by atoms with Crippen molar-refractivity contribution in [2.24, 2.45) is 0 Å². The SMILES string of the molecule is C=C/C(=C\C)CN(C)C(=O)c1nn2c(C)ncc2s1.CC.CCC. The van der Waals surface area contributed by atoms with Crippen molar-refractivity contribution >= 4 is 22.1 Å². The number of rotatable bonds is 4. The maximum absolute atomic E-state index is 12.3. The highest BCUT2D eigenvalue weighted by molar-refractivity contribution is 7.18. The summed E-state index contributed by atoms with van der Waals surface area (Å²) in [4.78, 5) is 18.9. The standard InChI is InChI=1S/C13H16N4OS.C3H8.C2H6/c1-5-10(6-2)8-16(4)13(18)12-15-17-9(3)14-7-11(17)19-12;1-3-2;1-2/h5-7H,1,8H2,2-4H3;3H2,1-2H3;1-2H3/b10-6+;;. The number of nitrogens with zero attached hydrogens (tertiary/aromatic N) is 4. The molecule has 0 saturated carbocycles. The number of likely N-dealkylation sites (N-methyl/N-ethyl adjacent to an activating group) is 1. The first-order valence-electron chi connectivity index (χ1n) is 8.32. The molecule has 1 amide bonds. The van der Waals surface area contributed by atoms with Crippen molar-refractivity contribution in [1.82, 2.24) is 19.5 Å². The summed E-state index contributed by atoms with van der Waals surface area (Å²) < 4.78 is 1.69. The van der Waals surface area contributed by atoms with E-state index in [1.54, 1.807) is 28.7 Å². The van der Waals surface area contributed by atoms with Gasteiger partial charge in [0.1, 0.15) is 10.7 Å². The lowest BCUT2D eigenvalue weighted by Crippen LogP contribution is -2.28. The molecule has 0 N–H and O–H groups in total. The molecule has 0 unspecified atom stereocenters. The third-order valence-corrected chi connectivity index (χ3v) is 3.79. The zero-order chi connectivity index (χ0) is 18.7. The fourth-order valence-corrected chi connectivity index (χ4v) is 2.62. The van der Waals surface area contributed by atoms with Gasteiger partial charge in [-0.25, -0.2) is 9.50 Å². The van der Waals surface area contributed by atoms with Crippen LogP contribution in [-0.4, -0.2) is 39.0 Å². The summed E-state index contributed by atoms with van der Waals surface area (Å²) in [5.74, 6) is 0.697. The van der Waals surface area contributed by atoms with E-state index in [0.29, 0.717) is 11.6 Å². The van der Waals surface area contributed by atoms with Gasteiger partial charge in [0.15, 0.2) is 0 Å². The van der Waals surface area contributed by atoms with Crippen LogP contribution in [0, 0.1) is 6.92 Å². The number of allylic oxidation sites excluding steroid dienone is 1. The Bertz CT molecular complexity index is 670. The molecule has 2 aromatic heterocycles. The number of hydrogen-bond acceptors (Lipinski definition) is 4. The van der Waals surface area contributed by atoms with Gasteiger partial charge in [-0.05, 0) is 19.4 Å². The first kappa shape index (κ1) is 22.1. The van der Waals surface area contributed by atoms with Crippen LogP contribution in [0.25, 0.3) is 4.83 Å². The van der Waals surface area contributed by atoms with Crippen molar-refractivity contribution in [3.63, 3.8) is 0 Å². The molecule has 0 saturated heterocycles. The van der Waals surface area contributed by atoms with E-state index in [2.05, 4.69) is 30.5 Å². The molecule has 24 heavy (non-hydrogen) atoms. The summed E-state index contributed by atoms with van der Waals surface area (Å²) in [6.45, 7) is 16.3. The van der Waals surface area contributed by atoms with Crippen LogP contribution >= 0.6 is 11.3 Å². The molecule has 2 rings (SSSR count). The number of carbonyl (C=O) groups is 1. The van der Waals surface area contributed by atoms with Crippen LogP contribution in [0.3, 0.4) is 0 Å². The Labute approximate surface area is 149 Å². The molecule has 5 nitrogen and oxygen atoms in total. The Morgan fingerprint density at radius 3 is 2.46 bits per heavy atom. The van der Waals surface area contributed by atoms with Crippen molar-refractivity contribution in [3.8, 4) is 0 Å². The van der Waals surface area contributed by atoms with Gasteiger partial charge in [0, 0.05) is 13.6 Å². The zero-order valence-electron chi connectivity index (χ0n) is 16.0. The molecule has 0 fully saturated rings. The van der Waals surface area contributed by atoms with Crippen molar-refractivity contribution in [2.45, 2.75) is 48.0 Å². The largest absolute Gasteiger partial charge is 0.335 e. The van der Waals surface area contributed by atoms with Crippen LogP contribution in [0.5, 0.6) is 0 Å². The Hall–Kier alpha value is -1.95. The highest BCUT2D eigenvalue weighted by Crippen LogP contribution is 2.17. The molecule has 0 bridgehead atoms. The van der Waals surface area contributed by atoms with E-state index in [4.69, 9.17) is 0 Å². The summed E-state index contributed by atoms with van der Waals surface area (Å²) in [6, 6.07) is 0. The number of hydrogen-bond donors (Lipinski definition) is 0. The highest BCUT2D eigenvalue weighted by atomic mass is 32.1. The maximum atomic E-state index is 12.3. The monoisotopic (exact) mass is 350 g/mol. The van der Waals surface area contributed by atoms with Gasteiger partial charge in [0.2, 0.25) is 5.01 Å².